The Labute approximate surface area is 165 Å². The maximum Gasteiger partial charge on any atom is 0.293 e. The van der Waals surface area contributed by atoms with Gasteiger partial charge in [0.25, 0.3) is 5.91 Å². The number of nitrogens with zero attached hydrogens (tertiary/aromatic N) is 1. The van der Waals surface area contributed by atoms with Crippen molar-refractivity contribution in [1.29, 1.82) is 0 Å². The third-order valence-electron chi connectivity index (χ3n) is 4.33. The highest BCUT2D eigenvalue weighted by atomic mass is 32.1. The molecule has 142 valence electrons. The molecule has 2 aromatic heterocycles. The van der Waals surface area contributed by atoms with E-state index >= 15 is 0 Å². The molecule has 0 bridgehead atoms. The normalized spacial score (nSPS) is 10.8. The number of carbonyl (C=O) groups excluding carboxylic acids is 1. The second-order valence-electron chi connectivity index (χ2n) is 6.10. The monoisotopic (exact) mass is 394 g/mol. The number of para-hydroxylation sites is 1. The number of amides is 1. The van der Waals surface area contributed by atoms with E-state index in [1.165, 1.54) is 11.3 Å². The fourth-order valence-corrected chi connectivity index (χ4v) is 3.77. The van der Waals surface area contributed by atoms with Crippen molar-refractivity contribution in [1.82, 2.24) is 4.98 Å². The van der Waals surface area contributed by atoms with E-state index in [-0.39, 0.29) is 11.7 Å². The largest absolute Gasteiger partial charge is 0.497 e. The van der Waals surface area contributed by atoms with E-state index in [0.29, 0.717) is 16.5 Å². The van der Waals surface area contributed by atoms with Crippen LogP contribution in [0.2, 0.25) is 0 Å². The Morgan fingerprint density at radius 3 is 2.61 bits per heavy atom. The lowest BCUT2D eigenvalue weighted by Gasteiger charge is -2.01. The van der Waals surface area contributed by atoms with Gasteiger partial charge in [0.15, 0.2) is 22.2 Å². The number of carbonyl (C=O) groups is 1. The van der Waals surface area contributed by atoms with Crippen molar-refractivity contribution in [2.75, 3.05) is 19.5 Å². The van der Waals surface area contributed by atoms with Crippen LogP contribution in [0.5, 0.6) is 11.5 Å². The first-order valence-electron chi connectivity index (χ1n) is 8.59. The second-order valence-corrected chi connectivity index (χ2v) is 7.30. The molecule has 4 rings (SSSR count). The molecule has 0 spiro atoms. The number of rotatable bonds is 5. The number of ether oxygens (including phenoxy) is 2. The van der Waals surface area contributed by atoms with Gasteiger partial charge in [-0.3, -0.25) is 10.1 Å². The Morgan fingerprint density at radius 2 is 1.89 bits per heavy atom. The van der Waals surface area contributed by atoms with Crippen molar-refractivity contribution in [3.8, 4) is 22.8 Å². The summed E-state index contributed by atoms with van der Waals surface area (Å²) in [7, 11) is 3.19. The van der Waals surface area contributed by atoms with E-state index in [2.05, 4.69) is 10.3 Å². The van der Waals surface area contributed by atoms with Crippen LogP contribution in [0.1, 0.15) is 15.4 Å². The second kappa shape index (κ2) is 7.36. The summed E-state index contributed by atoms with van der Waals surface area (Å²) in [6, 6.07) is 14.9. The van der Waals surface area contributed by atoms with Crippen LogP contribution in [-0.2, 0) is 0 Å². The average Bonchev–Trinajstić information content (AvgIpc) is 3.31. The molecule has 2 heterocycles. The third kappa shape index (κ3) is 3.32. The summed E-state index contributed by atoms with van der Waals surface area (Å²) in [5.41, 5.74) is 2.34. The van der Waals surface area contributed by atoms with Crippen molar-refractivity contribution in [2.24, 2.45) is 0 Å². The minimum Gasteiger partial charge on any atom is -0.497 e. The minimum atomic E-state index is -0.353. The Hall–Kier alpha value is -3.32. The topological polar surface area (TPSA) is 73.6 Å². The molecular weight excluding hydrogens is 376 g/mol. The number of methoxy groups -OCH3 is 2. The number of hydrogen-bond acceptors (Lipinski definition) is 6. The molecule has 0 aliphatic carbocycles. The lowest BCUT2D eigenvalue weighted by Crippen LogP contribution is -2.10. The molecule has 1 N–H and O–H groups in total. The molecule has 4 aromatic rings. The third-order valence-corrected chi connectivity index (χ3v) is 5.22. The van der Waals surface area contributed by atoms with Crippen molar-refractivity contribution >= 4 is 33.3 Å². The van der Waals surface area contributed by atoms with Gasteiger partial charge >= 0.3 is 0 Å². The molecule has 1 amide bonds. The standard InChI is InChI=1S/C21H18N2O4S/c1-12-18(13-7-9-15(25-2)10-8-13)22-21(28-12)23-20(24)17-11-14-5-4-6-16(26-3)19(14)27-17/h4-11H,1-3H3,(H,22,23,24). The van der Waals surface area contributed by atoms with Crippen LogP contribution < -0.4 is 14.8 Å². The SMILES string of the molecule is COc1ccc(-c2nc(NC(=O)c3cc4cccc(OC)c4o3)sc2C)cc1. The Kier molecular flexibility index (Phi) is 4.75. The van der Waals surface area contributed by atoms with Gasteiger partial charge in [0, 0.05) is 15.8 Å². The van der Waals surface area contributed by atoms with Crippen molar-refractivity contribution in [3.05, 3.63) is 59.2 Å². The Morgan fingerprint density at radius 1 is 1.11 bits per heavy atom. The number of aromatic nitrogens is 1. The van der Waals surface area contributed by atoms with Crippen LogP contribution in [0, 0.1) is 6.92 Å². The molecule has 6 nitrogen and oxygen atoms in total. The number of aryl methyl sites for hydroxylation is 1. The summed E-state index contributed by atoms with van der Waals surface area (Å²) in [6.07, 6.45) is 0. The highest BCUT2D eigenvalue weighted by molar-refractivity contribution is 7.16. The lowest BCUT2D eigenvalue weighted by molar-refractivity contribution is 0.0998. The maximum atomic E-state index is 12.6. The smallest absolute Gasteiger partial charge is 0.293 e. The van der Waals surface area contributed by atoms with Gasteiger partial charge in [-0.25, -0.2) is 4.98 Å². The number of nitrogens with one attached hydrogen (secondary N) is 1. The number of anilines is 1. The van der Waals surface area contributed by atoms with Gasteiger partial charge in [-0.05, 0) is 43.3 Å². The van der Waals surface area contributed by atoms with Crippen molar-refractivity contribution in [3.63, 3.8) is 0 Å². The molecule has 28 heavy (non-hydrogen) atoms. The molecule has 0 saturated heterocycles. The number of hydrogen-bond donors (Lipinski definition) is 1. The molecule has 0 saturated carbocycles. The Balaban J connectivity index is 1.58. The quantitative estimate of drug-likeness (QED) is 0.508. The first-order valence-corrected chi connectivity index (χ1v) is 9.40. The lowest BCUT2D eigenvalue weighted by atomic mass is 10.1. The molecule has 0 aliphatic rings. The summed E-state index contributed by atoms with van der Waals surface area (Å²) in [5.74, 6) is 1.22. The first-order chi connectivity index (χ1) is 13.6. The maximum absolute atomic E-state index is 12.6. The van der Waals surface area contributed by atoms with E-state index in [1.807, 2.05) is 43.3 Å². The predicted octanol–water partition coefficient (Wildman–Crippen LogP) is 5.13. The van der Waals surface area contributed by atoms with E-state index in [4.69, 9.17) is 13.9 Å². The summed E-state index contributed by atoms with van der Waals surface area (Å²) in [5, 5.41) is 4.14. The number of benzene rings is 2. The fraction of sp³-hybridized carbons (Fsp3) is 0.143. The number of thiazole rings is 1. The van der Waals surface area contributed by atoms with Gasteiger partial charge in [0.05, 0.1) is 19.9 Å². The summed E-state index contributed by atoms with van der Waals surface area (Å²) in [4.78, 5) is 18.2. The molecular formula is C21H18N2O4S. The van der Waals surface area contributed by atoms with E-state index in [9.17, 15) is 4.79 Å². The van der Waals surface area contributed by atoms with E-state index < -0.39 is 0 Å². The molecule has 7 heteroatoms. The molecule has 0 unspecified atom stereocenters. The highest BCUT2D eigenvalue weighted by Crippen LogP contribution is 2.32. The van der Waals surface area contributed by atoms with Gasteiger partial charge in [-0.15, -0.1) is 11.3 Å². The predicted molar refractivity (Wildman–Crippen MR) is 110 cm³/mol. The van der Waals surface area contributed by atoms with Gasteiger partial charge in [0.1, 0.15) is 5.75 Å². The average molecular weight is 394 g/mol. The van der Waals surface area contributed by atoms with E-state index in [0.717, 1.165) is 27.3 Å². The van der Waals surface area contributed by atoms with Gasteiger partial charge in [-0.2, -0.15) is 0 Å². The van der Waals surface area contributed by atoms with Crippen LogP contribution in [0.3, 0.4) is 0 Å². The zero-order valence-electron chi connectivity index (χ0n) is 15.6. The molecule has 0 fully saturated rings. The number of fused-ring (bicyclic) bond motifs is 1. The zero-order valence-corrected chi connectivity index (χ0v) is 16.4. The number of furan rings is 1. The van der Waals surface area contributed by atoms with Gasteiger partial charge < -0.3 is 13.9 Å². The van der Waals surface area contributed by atoms with Gasteiger partial charge in [0.2, 0.25) is 0 Å². The highest BCUT2D eigenvalue weighted by Gasteiger charge is 2.17. The summed E-state index contributed by atoms with van der Waals surface area (Å²) < 4.78 is 16.2. The van der Waals surface area contributed by atoms with Crippen LogP contribution in [0.4, 0.5) is 5.13 Å². The van der Waals surface area contributed by atoms with Gasteiger partial charge in [-0.1, -0.05) is 12.1 Å². The zero-order chi connectivity index (χ0) is 19.7. The fourth-order valence-electron chi connectivity index (χ4n) is 2.93. The molecule has 2 aromatic carbocycles. The molecule has 0 aliphatic heterocycles. The van der Waals surface area contributed by atoms with Crippen molar-refractivity contribution in [2.45, 2.75) is 6.92 Å². The van der Waals surface area contributed by atoms with Crippen LogP contribution in [-0.4, -0.2) is 25.1 Å². The Bertz CT molecular complexity index is 1150. The van der Waals surface area contributed by atoms with E-state index in [1.54, 1.807) is 26.4 Å². The van der Waals surface area contributed by atoms with Crippen LogP contribution in [0.15, 0.2) is 52.9 Å². The molecule has 0 radical (unpaired) electrons. The van der Waals surface area contributed by atoms with Crippen molar-refractivity contribution < 1.29 is 18.7 Å². The summed E-state index contributed by atoms with van der Waals surface area (Å²) in [6.45, 7) is 1.97. The summed E-state index contributed by atoms with van der Waals surface area (Å²) >= 11 is 1.42. The molecule has 0 atom stereocenters. The first kappa shape index (κ1) is 18.1. The van der Waals surface area contributed by atoms with Crippen LogP contribution in [0.25, 0.3) is 22.2 Å². The minimum absolute atomic E-state index is 0.207. The van der Waals surface area contributed by atoms with Crippen LogP contribution >= 0.6 is 11.3 Å².